The molecule has 0 bridgehead atoms. The van der Waals surface area contributed by atoms with E-state index < -0.39 is 5.91 Å². The maximum absolute atomic E-state index is 12.1. The number of nitrogens with one attached hydrogen (secondary N) is 2. The third kappa shape index (κ3) is 4.73. The fourth-order valence-electron chi connectivity index (χ4n) is 1.85. The zero-order valence-corrected chi connectivity index (χ0v) is 13.7. The Balaban J connectivity index is 1.99. The van der Waals surface area contributed by atoms with Crippen molar-refractivity contribution in [3.05, 3.63) is 65.1 Å². The lowest BCUT2D eigenvalue weighted by Gasteiger charge is -2.08. The number of anilines is 1. The monoisotopic (exact) mass is 342 g/mol. The lowest BCUT2D eigenvalue weighted by molar-refractivity contribution is -0.112. The average molecular weight is 343 g/mol. The van der Waals surface area contributed by atoms with E-state index >= 15 is 0 Å². The van der Waals surface area contributed by atoms with E-state index in [1.54, 1.807) is 24.4 Å². The van der Waals surface area contributed by atoms with Gasteiger partial charge in [-0.15, -0.1) is 0 Å². The van der Waals surface area contributed by atoms with Crippen molar-refractivity contribution in [2.24, 2.45) is 0 Å². The van der Waals surface area contributed by atoms with Crippen LogP contribution < -0.4 is 15.4 Å². The van der Waals surface area contributed by atoms with Crippen LogP contribution in [0.25, 0.3) is 0 Å². The number of amides is 1. The summed E-state index contributed by atoms with van der Waals surface area (Å²) < 4.78 is 5.04. The van der Waals surface area contributed by atoms with Gasteiger partial charge in [0, 0.05) is 18.1 Å². The van der Waals surface area contributed by atoms with Gasteiger partial charge in [0.2, 0.25) is 0 Å². The standard InChI is InChI=1S/C17H15ClN4O2/c1-24-16-6-5-13(8-15(16)18)22-17(23)12(9-19)10-20-11-14-4-2-3-7-21-14/h2-8,10,20H,11H2,1H3,(H,22,23)/b12-10-. The number of nitriles is 1. The molecule has 1 aromatic heterocycles. The first kappa shape index (κ1) is 17.3. The molecule has 0 aliphatic carbocycles. The van der Waals surface area contributed by atoms with Gasteiger partial charge in [0.15, 0.2) is 0 Å². The lowest BCUT2D eigenvalue weighted by Crippen LogP contribution is -2.16. The largest absolute Gasteiger partial charge is 0.495 e. The molecule has 0 aliphatic heterocycles. The molecule has 2 aromatic rings. The number of methoxy groups -OCH3 is 1. The van der Waals surface area contributed by atoms with Crippen molar-refractivity contribution in [2.75, 3.05) is 12.4 Å². The Labute approximate surface area is 144 Å². The zero-order chi connectivity index (χ0) is 17.4. The van der Waals surface area contributed by atoms with Crippen LogP contribution in [0.4, 0.5) is 5.69 Å². The van der Waals surface area contributed by atoms with Crippen LogP contribution in [0.15, 0.2) is 54.4 Å². The normalized spacial score (nSPS) is 10.6. The van der Waals surface area contributed by atoms with Gasteiger partial charge in [-0.3, -0.25) is 9.78 Å². The molecule has 2 N–H and O–H groups in total. The molecule has 1 aromatic carbocycles. The molecular formula is C17H15ClN4O2. The summed E-state index contributed by atoms with van der Waals surface area (Å²) in [5.41, 5.74) is 1.21. The van der Waals surface area contributed by atoms with Crippen LogP contribution in [-0.2, 0) is 11.3 Å². The summed E-state index contributed by atoms with van der Waals surface area (Å²) in [6.07, 6.45) is 3.03. The third-order valence-corrected chi connectivity index (χ3v) is 3.33. The number of carbonyl (C=O) groups excluding carboxylic acids is 1. The Kier molecular flexibility index (Phi) is 6.17. The van der Waals surface area contributed by atoms with Crippen LogP contribution in [0.1, 0.15) is 5.69 Å². The van der Waals surface area contributed by atoms with E-state index in [2.05, 4.69) is 15.6 Å². The Morgan fingerprint density at radius 2 is 2.25 bits per heavy atom. The predicted molar refractivity (Wildman–Crippen MR) is 91.4 cm³/mol. The summed E-state index contributed by atoms with van der Waals surface area (Å²) in [5, 5.41) is 15.0. The van der Waals surface area contributed by atoms with Gasteiger partial charge in [0.05, 0.1) is 24.4 Å². The molecule has 0 spiro atoms. The van der Waals surface area contributed by atoms with E-state index in [-0.39, 0.29) is 5.57 Å². The van der Waals surface area contributed by atoms with Crippen molar-refractivity contribution in [2.45, 2.75) is 6.54 Å². The molecule has 0 radical (unpaired) electrons. The second-order valence-electron chi connectivity index (χ2n) is 4.68. The van der Waals surface area contributed by atoms with Crippen LogP contribution >= 0.6 is 11.6 Å². The number of halogens is 1. The highest BCUT2D eigenvalue weighted by atomic mass is 35.5. The second kappa shape index (κ2) is 8.56. The van der Waals surface area contributed by atoms with Crippen LogP contribution in [0.3, 0.4) is 0 Å². The average Bonchev–Trinajstić information content (AvgIpc) is 2.59. The van der Waals surface area contributed by atoms with E-state index in [0.29, 0.717) is 23.0 Å². The van der Waals surface area contributed by atoms with Gasteiger partial charge in [-0.1, -0.05) is 17.7 Å². The first-order valence-electron chi connectivity index (χ1n) is 7.02. The summed E-state index contributed by atoms with van der Waals surface area (Å²) in [7, 11) is 1.50. The zero-order valence-electron chi connectivity index (χ0n) is 12.9. The highest BCUT2D eigenvalue weighted by molar-refractivity contribution is 6.32. The number of pyridine rings is 1. The first-order valence-corrected chi connectivity index (χ1v) is 7.40. The number of benzene rings is 1. The highest BCUT2D eigenvalue weighted by Crippen LogP contribution is 2.27. The third-order valence-electron chi connectivity index (χ3n) is 3.03. The molecule has 122 valence electrons. The van der Waals surface area contributed by atoms with Gasteiger partial charge in [0.1, 0.15) is 17.4 Å². The van der Waals surface area contributed by atoms with Crippen molar-refractivity contribution >= 4 is 23.2 Å². The van der Waals surface area contributed by atoms with E-state index in [1.165, 1.54) is 13.3 Å². The van der Waals surface area contributed by atoms with Crippen LogP contribution in [0.5, 0.6) is 5.75 Å². The molecule has 0 atom stereocenters. The van der Waals surface area contributed by atoms with Crippen molar-refractivity contribution in [3.63, 3.8) is 0 Å². The fraction of sp³-hybridized carbons (Fsp3) is 0.118. The Bertz CT molecular complexity index is 785. The maximum atomic E-state index is 12.1. The minimum absolute atomic E-state index is 0.0575. The van der Waals surface area contributed by atoms with E-state index in [0.717, 1.165) is 5.69 Å². The molecule has 24 heavy (non-hydrogen) atoms. The topological polar surface area (TPSA) is 87.0 Å². The Morgan fingerprint density at radius 3 is 2.88 bits per heavy atom. The minimum Gasteiger partial charge on any atom is -0.495 e. The van der Waals surface area contributed by atoms with Crippen LogP contribution in [0, 0.1) is 11.3 Å². The fourth-order valence-corrected chi connectivity index (χ4v) is 2.11. The van der Waals surface area contributed by atoms with Gasteiger partial charge < -0.3 is 15.4 Å². The predicted octanol–water partition coefficient (Wildman–Crippen LogP) is 2.88. The van der Waals surface area contributed by atoms with Gasteiger partial charge >= 0.3 is 0 Å². The molecule has 6 nitrogen and oxygen atoms in total. The van der Waals surface area contributed by atoms with Gasteiger partial charge in [0.25, 0.3) is 5.91 Å². The SMILES string of the molecule is COc1ccc(NC(=O)/C(C#N)=C\NCc2ccccn2)cc1Cl. The molecular weight excluding hydrogens is 328 g/mol. The van der Waals surface area contributed by atoms with Gasteiger partial charge in [-0.2, -0.15) is 5.26 Å². The van der Waals surface area contributed by atoms with Gasteiger partial charge in [-0.05, 0) is 30.3 Å². The number of hydrogen-bond donors (Lipinski definition) is 2. The number of nitrogens with zero attached hydrogens (tertiary/aromatic N) is 2. The summed E-state index contributed by atoms with van der Waals surface area (Å²) in [6.45, 7) is 0.410. The minimum atomic E-state index is -0.535. The number of carbonyl (C=O) groups is 1. The number of aromatic nitrogens is 1. The molecule has 2 rings (SSSR count). The number of rotatable bonds is 6. The van der Waals surface area contributed by atoms with Crippen molar-refractivity contribution in [1.82, 2.24) is 10.3 Å². The molecule has 0 fully saturated rings. The summed E-state index contributed by atoms with van der Waals surface area (Å²) in [5.74, 6) is -0.0324. The number of hydrogen-bond acceptors (Lipinski definition) is 5. The van der Waals surface area contributed by atoms with Crippen molar-refractivity contribution < 1.29 is 9.53 Å². The van der Waals surface area contributed by atoms with E-state index in [9.17, 15) is 4.79 Å². The Morgan fingerprint density at radius 1 is 1.42 bits per heavy atom. The second-order valence-corrected chi connectivity index (χ2v) is 5.08. The smallest absolute Gasteiger partial charge is 0.267 e. The molecule has 0 saturated heterocycles. The molecule has 0 aliphatic rings. The molecule has 0 saturated carbocycles. The quantitative estimate of drug-likeness (QED) is 0.622. The summed E-state index contributed by atoms with van der Waals surface area (Å²) >= 11 is 6.00. The highest BCUT2D eigenvalue weighted by Gasteiger charge is 2.10. The van der Waals surface area contributed by atoms with E-state index in [4.69, 9.17) is 21.6 Å². The van der Waals surface area contributed by atoms with E-state index in [1.807, 2.05) is 24.3 Å². The van der Waals surface area contributed by atoms with Crippen molar-refractivity contribution in [1.29, 1.82) is 5.26 Å². The lowest BCUT2D eigenvalue weighted by atomic mass is 10.2. The summed E-state index contributed by atoms with van der Waals surface area (Å²) in [6, 6.07) is 12.2. The first-order chi connectivity index (χ1) is 11.6. The molecule has 7 heteroatoms. The van der Waals surface area contributed by atoms with Crippen LogP contribution in [-0.4, -0.2) is 18.0 Å². The number of ether oxygens (including phenoxy) is 1. The summed E-state index contributed by atoms with van der Waals surface area (Å²) in [4.78, 5) is 16.3. The van der Waals surface area contributed by atoms with Gasteiger partial charge in [-0.25, -0.2) is 0 Å². The Hall–Kier alpha value is -3.04. The van der Waals surface area contributed by atoms with Crippen molar-refractivity contribution in [3.8, 4) is 11.8 Å². The molecule has 1 amide bonds. The molecule has 1 heterocycles. The maximum Gasteiger partial charge on any atom is 0.267 e. The molecule has 0 unspecified atom stereocenters. The van der Waals surface area contributed by atoms with Crippen LogP contribution in [0.2, 0.25) is 5.02 Å².